The molecule has 1 aromatic heterocycles. The monoisotopic (exact) mass is 385 g/mol. The Morgan fingerprint density at radius 2 is 2.07 bits per heavy atom. The molecular weight excluding hydrogens is 362 g/mol. The van der Waals surface area contributed by atoms with Crippen LogP contribution in [0.3, 0.4) is 0 Å². The second-order valence-electron chi connectivity index (χ2n) is 6.38. The Bertz CT molecular complexity index is 936. The Kier molecular flexibility index (Phi) is 6.35. The van der Waals surface area contributed by atoms with Gasteiger partial charge in [0.1, 0.15) is 18.2 Å². The Labute approximate surface area is 164 Å². The van der Waals surface area contributed by atoms with Gasteiger partial charge in [0.15, 0.2) is 0 Å². The van der Waals surface area contributed by atoms with Gasteiger partial charge in [-0.3, -0.25) is 4.79 Å². The number of aryl methyl sites for hydroxylation is 1. The lowest BCUT2D eigenvalue weighted by Crippen LogP contribution is -2.25. The van der Waals surface area contributed by atoms with Gasteiger partial charge in [-0.25, -0.2) is 4.98 Å². The van der Waals surface area contributed by atoms with Gasteiger partial charge < -0.3 is 14.6 Å². The van der Waals surface area contributed by atoms with E-state index in [0.29, 0.717) is 32.5 Å². The first-order valence-electron chi connectivity index (χ1n) is 9.18. The number of rotatable bonds is 8. The third-order valence-electron chi connectivity index (χ3n) is 4.44. The minimum Gasteiger partial charge on any atom is -0.492 e. The minimum atomic E-state index is 0.0547. The van der Waals surface area contributed by atoms with Crippen LogP contribution in [0.2, 0.25) is 5.02 Å². The van der Waals surface area contributed by atoms with Crippen LogP contribution >= 0.6 is 11.6 Å². The maximum absolute atomic E-state index is 11.5. The van der Waals surface area contributed by atoms with Gasteiger partial charge in [0, 0.05) is 24.4 Å². The second kappa shape index (κ2) is 8.91. The van der Waals surface area contributed by atoms with Gasteiger partial charge in [-0.15, -0.1) is 0 Å². The number of hydrogen-bond acceptors (Lipinski definition) is 3. The predicted octanol–water partition coefficient (Wildman–Crippen LogP) is 4.15. The van der Waals surface area contributed by atoms with Crippen molar-refractivity contribution in [1.82, 2.24) is 14.9 Å². The van der Waals surface area contributed by atoms with Gasteiger partial charge in [-0.2, -0.15) is 0 Å². The van der Waals surface area contributed by atoms with Crippen molar-refractivity contribution < 1.29 is 9.53 Å². The fraction of sp³-hybridized carbons (Fsp3) is 0.333. The lowest BCUT2D eigenvalue weighted by atomic mass is 10.2. The molecular formula is C21H24ClN3O2. The number of fused-ring (bicyclic) bond motifs is 1. The normalized spacial score (nSPS) is 10.9. The van der Waals surface area contributed by atoms with Crippen LogP contribution in [-0.2, 0) is 17.8 Å². The molecule has 3 aromatic rings. The van der Waals surface area contributed by atoms with Crippen molar-refractivity contribution >= 4 is 28.5 Å². The number of nitrogens with zero attached hydrogens (tertiary/aromatic N) is 2. The Balaban J connectivity index is 1.70. The van der Waals surface area contributed by atoms with E-state index < -0.39 is 0 Å². The molecule has 2 aromatic carbocycles. The minimum absolute atomic E-state index is 0.0547. The zero-order valence-electron chi connectivity index (χ0n) is 15.7. The van der Waals surface area contributed by atoms with Gasteiger partial charge in [0.2, 0.25) is 5.91 Å². The van der Waals surface area contributed by atoms with Crippen LogP contribution < -0.4 is 10.1 Å². The van der Waals surface area contributed by atoms with Crippen LogP contribution in [0, 0.1) is 6.92 Å². The third kappa shape index (κ3) is 4.80. The Hall–Kier alpha value is -2.53. The molecule has 27 heavy (non-hydrogen) atoms. The van der Waals surface area contributed by atoms with E-state index in [-0.39, 0.29) is 5.91 Å². The third-order valence-corrected chi connectivity index (χ3v) is 4.86. The summed E-state index contributed by atoms with van der Waals surface area (Å²) in [6.45, 7) is 5.59. The van der Waals surface area contributed by atoms with Crippen LogP contribution in [0.5, 0.6) is 5.75 Å². The molecule has 0 aliphatic heterocycles. The number of hydrogen-bond donors (Lipinski definition) is 1. The molecule has 0 bridgehead atoms. The van der Waals surface area contributed by atoms with Crippen LogP contribution in [-0.4, -0.2) is 28.6 Å². The van der Waals surface area contributed by atoms with Crippen molar-refractivity contribution in [2.75, 3.05) is 13.2 Å². The smallest absolute Gasteiger partial charge is 0.219 e. The largest absolute Gasteiger partial charge is 0.492 e. The van der Waals surface area contributed by atoms with E-state index in [1.807, 2.05) is 50.2 Å². The molecule has 0 saturated carbocycles. The summed E-state index contributed by atoms with van der Waals surface area (Å²) >= 11 is 6.07. The standard InChI is InChI=1S/C21H24ClN3O2/c1-3-21(26)23-11-10-20-24-18-6-4-5-7-19(18)25(20)12-13-27-16-8-9-17(22)15(2)14-16/h4-9,14H,3,10-13H2,1-2H3,(H,23,26). The number of carbonyl (C=O) groups is 1. The quantitative estimate of drug-likeness (QED) is 0.633. The molecule has 3 rings (SSSR count). The number of para-hydroxylation sites is 2. The molecule has 0 radical (unpaired) electrons. The van der Waals surface area contributed by atoms with E-state index in [1.165, 1.54) is 0 Å². The molecule has 0 aliphatic carbocycles. The van der Waals surface area contributed by atoms with Crippen molar-refractivity contribution in [3.05, 3.63) is 58.9 Å². The summed E-state index contributed by atoms with van der Waals surface area (Å²) in [6.07, 6.45) is 1.17. The van der Waals surface area contributed by atoms with Crippen LogP contribution in [0.1, 0.15) is 24.7 Å². The SMILES string of the molecule is CCC(=O)NCCc1nc2ccccc2n1CCOc1ccc(Cl)c(C)c1. The van der Waals surface area contributed by atoms with Crippen molar-refractivity contribution in [3.8, 4) is 5.75 Å². The molecule has 0 unspecified atom stereocenters. The average molecular weight is 386 g/mol. The first-order valence-corrected chi connectivity index (χ1v) is 9.56. The molecule has 0 fully saturated rings. The topological polar surface area (TPSA) is 56.2 Å². The average Bonchev–Trinajstić information content (AvgIpc) is 3.02. The summed E-state index contributed by atoms with van der Waals surface area (Å²) in [7, 11) is 0. The molecule has 142 valence electrons. The fourth-order valence-electron chi connectivity index (χ4n) is 2.97. The fourth-order valence-corrected chi connectivity index (χ4v) is 3.08. The first-order chi connectivity index (χ1) is 13.1. The lowest BCUT2D eigenvalue weighted by Gasteiger charge is -2.12. The molecule has 6 heteroatoms. The molecule has 0 atom stereocenters. The summed E-state index contributed by atoms with van der Waals surface area (Å²) in [5, 5.41) is 3.65. The second-order valence-corrected chi connectivity index (χ2v) is 6.79. The Morgan fingerprint density at radius 1 is 1.26 bits per heavy atom. The van der Waals surface area contributed by atoms with Gasteiger partial charge in [-0.1, -0.05) is 30.7 Å². The van der Waals surface area contributed by atoms with Gasteiger partial charge in [-0.05, 0) is 42.8 Å². The number of aromatic nitrogens is 2. The highest BCUT2D eigenvalue weighted by molar-refractivity contribution is 6.31. The number of halogens is 1. The van der Waals surface area contributed by atoms with E-state index in [2.05, 4.69) is 16.0 Å². The van der Waals surface area contributed by atoms with Gasteiger partial charge in [0.25, 0.3) is 0 Å². The highest BCUT2D eigenvalue weighted by Gasteiger charge is 2.11. The van der Waals surface area contributed by atoms with Crippen LogP contribution in [0.25, 0.3) is 11.0 Å². The Morgan fingerprint density at radius 3 is 2.85 bits per heavy atom. The number of imidazole rings is 1. The summed E-state index contributed by atoms with van der Waals surface area (Å²) < 4.78 is 8.07. The van der Waals surface area contributed by atoms with Crippen LogP contribution in [0.4, 0.5) is 0 Å². The molecule has 5 nitrogen and oxygen atoms in total. The number of carbonyl (C=O) groups excluding carboxylic acids is 1. The van der Waals surface area contributed by atoms with Crippen molar-refractivity contribution in [3.63, 3.8) is 0 Å². The van der Waals surface area contributed by atoms with Gasteiger partial charge in [0.05, 0.1) is 17.6 Å². The lowest BCUT2D eigenvalue weighted by molar-refractivity contribution is -0.120. The van der Waals surface area contributed by atoms with E-state index in [4.69, 9.17) is 21.3 Å². The molecule has 0 spiro atoms. The number of nitrogens with one attached hydrogen (secondary N) is 1. The molecule has 0 aliphatic rings. The summed E-state index contributed by atoms with van der Waals surface area (Å²) in [4.78, 5) is 16.2. The van der Waals surface area contributed by atoms with Crippen molar-refractivity contribution in [2.45, 2.75) is 33.2 Å². The first kappa shape index (κ1) is 19.2. The summed E-state index contributed by atoms with van der Waals surface area (Å²) in [5.74, 6) is 1.81. The van der Waals surface area contributed by atoms with Crippen LogP contribution in [0.15, 0.2) is 42.5 Å². The van der Waals surface area contributed by atoms with Crippen molar-refractivity contribution in [1.29, 1.82) is 0 Å². The highest BCUT2D eigenvalue weighted by atomic mass is 35.5. The zero-order chi connectivity index (χ0) is 19.2. The van der Waals surface area contributed by atoms with Crippen molar-refractivity contribution in [2.24, 2.45) is 0 Å². The number of amides is 1. The molecule has 1 heterocycles. The number of benzene rings is 2. The summed E-state index contributed by atoms with van der Waals surface area (Å²) in [5.41, 5.74) is 3.02. The zero-order valence-corrected chi connectivity index (χ0v) is 16.4. The molecule has 0 saturated heterocycles. The summed E-state index contributed by atoms with van der Waals surface area (Å²) in [6, 6.07) is 13.7. The van der Waals surface area contributed by atoms with E-state index in [1.54, 1.807) is 0 Å². The van der Waals surface area contributed by atoms with Gasteiger partial charge >= 0.3 is 0 Å². The predicted molar refractivity (Wildman–Crippen MR) is 108 cm³/mol. The van der Waals surface area contributed by atoms with E-state index in [0.717, 1.165) is 33.2 Å². The molecule has 1 amide bonds. The maximum Gasteiger partial charge on any atom is 0.219 e. The number of ether oxygens (including phenoxy) is 1. The van der Waals surface area contributed by atoms with E-state index in [9.17, 15) is 4.79 Å². The maximum atomic E-state index is 11.5. The highest BCUT2D eigenvalue weighted by Crippen LogP contribution is 2.21. The molecule has 1 N–H and O–H groups in total. The van der Waals surface area contributed by atoms with E-state index >= 15 is 0 Å².